The van der Waals surface area contributed by atoms with Crippen molar-refractivity contribution >= 4 is 41.0 Å². The number of carbonyl (C=O) groups excluding carboxylic acids is 3. The van der Waals surface area contributed by atoms with Gasteiger partial charge in [-0.25, -0.2) is 0 Å². The number of hydrogen-bond acceptors (Lipinski definition) is 7. The van der Waals surface area contributed by atoms with Crippen LogP contribution in [0.3, 0.4) is 0 Å². The van der Waals surface area contributed by atoms with Crippen LogP contribution in [-0.2, 0) is 23.9 Å². The average molecular weight is 469 g/mol. The first-order chi connectivity index (χ1) is 16.1. The van der Waals surface area contributed by atoms with Gasteiger partial charge in [-0.1, -0.05) is 36.0 Å². The van der Waals surface area contributed by atoms with Gasteiger partial charge in [-0.05, 0) is 44.0 Å². The van der Waals surface area contributed by atoms with Crippen LogP contribution in [0.2, 0.25) is 0 Å². The minimum absolute atomic E-state index is 0.162. The number of para-hydroxylation sites is 2. The lowest BCUT2D eigenvalue weighted by Crippen LogP contribution is -2.42. The van der Waals surface area contributed by atoms with E-state index in [4.69, 9.17) is 9.47 Å². The van der Waals surface area contributed by atoms with Crippen molar-refractivity contribution in [2.45, 2.75) is 36.0 Å². The van der Waals surface area contributed by atoms with Gasteiger partial charge in [0.05, 0.1) is 30.3 Å². The lowest BCUT2D eigenvalue weighted by Gasteiger charge is -2.32. The molecule has 0 bridgehead atoms. The zero-order valence-electron chi connectivity index (χ0n) is 18.7. The molecule has 7 nitrogen and oxygen atoms in total. The summed E-state index contributed by atoms with van der Waals surface area (Å²) in [5.41, 5.74) is 2.13. The predicted molar refractivity (Wildman–Crippen MR) is 126 cm³/mol. The van der Waals surface area contributed by atoms with Crippen LogP contribution >= 0.6 is 11.8 Å². The Kier molecular flexibility index (Phi) is 7.54. The van der Waals surface area contributed by atoms with E-state index in [-0.39, 0.29) is 30.8 Å². The normalized spacial score (nSPS) is 15.4. The van der Waals surface area contributed by atoms with Crippen LogP contribution in [0.15, 0.2) is 58.3 Å². The highest BCUT2D eigenvalue weighted by atomic mass is 32.2. The summed E-state index contributed by atoms with van der Waals surface area (Å²) in [7, 11) is 0. The number of rotatable bonds is 7. The van der Waals surface area contributed by atoms with Crippen molar-refractivity contribution in [1.29, 1.82) is 0 Å². The molecule has 1 fully saturated rings. The van der Waals surface area contributed by atoms with Crippen molar-refractivity contribution in [3.63, 3.8) is 0 Å². The monoisotopic (exact) mass is 468 g/mol. The standard InChI is InChI=1S/C25H28N2O5S/c1-2-31-25(30)18-11-14-26(15-12-18)23(28)17-32-24(29)13-16-27-19-7-3-5-9-21(19)33-22-10-6-4-8-20(22)27/h3-10,18H,2,11-17H2,1H3. The van der Waals surface area contributed by atoms with E-state index in [1.54, 1.807) is 23.6 Å². The van der Waals surface area contributed by atoms with Crippen molar-refractivity contribution in [3.8, 4) is 0 Å². The second-order valence-electron chi connectivity index (χ2n) is 8.01. The second-order valence-corrected chi connectivity index (χ2v) is 9.09. The lowest BCUT2D eigenvalue weighted by molar-refractivity contribution is -0.154. The Morgan fingerprint density at radius 1 is 0.939 bits per heavy atom. The van der Waals surface area contributed by atoms with Crippen LogP contribution in [0.4, 0.5) is 11.4 Å². The molecule has 2 aromatic rings. The molecule has 1 saturated heterocycles. The van der Waals surface area contributed by atoms with Gasteiger partial charge in [0.2, 0.25) is 0 Å². The molecule has 0 radical (unpaired) electrons. The van der Waals surface area contributed by atoms with E-state index in [0.717, 1.165) is 21.2 Å². The Labute approximate surface area is 198 Å². The number of fused-ring (bicyclic) bond motifs is 2. The zero-order valence-corrected chi connectivity index (χ0v) is 19.5. The first-order valence-corrected chi connectivity index (χ1v) is 12.1. The van der Waals surface area contributed by atoms with E-state index in [1.807, 2.05) is 36.4 Å². The maximum atomic E-state index is 12.5. The number of amides is 1. The summed E-state index contributed by atoms with van der Waals surface area (Å²) < 4.78 is 10.3. The van der Waals surface area contributed by atoms with Crippen molar-refractivity contribution < 1.29 is 23.9 Å². The van der Waals surface area contributed by atoms with Crippen molar-refractivity contribution in [2.75, 3.05) is 37.7 Å². The average Bonchev–Trinajstić information content (AvgIpc) is 2.85. The van der Waals surface area contributed by atoms with Gasteiger partial charge in [-0.15, -0.1) is 0 Å². The number of likely N-dealkylation sites (tertiary alicyclic amines) is 1. The summed E-state index contributed by atoms with van der Waals surface area (Å²) in [6.07, 6.45) is 1.32. The van der Waals surface area contributed by atoms with E-state index >= 15 is 0 Å². The van der Waals surface area contributed by atoms with E-state index in [9.17, 15) is 14.4 Å². The van der Waals surface area contributed by atoms with Gasteiger partial charge >= 0.3 is 11.9 Å². The Bertz CT molecular complexity index is 974. The minimum Gasteiger partial charge on any atom is -0.466 e. The van der Waals surface area contributed by atoms with Gasteiger partial charge in [0.15, 0.2) is 6.61 Å². The molecule has 0 saturated carbocycles. The van der Waals surface area contributed by atoms with Gasteiger partial charge in [0.1, 0.15) is 0 Å². The number of piperidine rings is 1. The first-order valence-electron chi connectivity index (χ1n) is 11.3. The maximum absolute atomic E-state index is 12.5. The molecule has 0 unspecified atom stereocenters. The molecule has 0 aromatic heterocycles. The molecule has 1 amide bonds. The highest BCUT2D eigenvalue weighted by molar-refractivity contribution is 7.99. The molecule has 2 aliphatic rings. The van der Waals surface area contributed by atoms with Crippen LogP contribution < -0.4 is 4.90 Å². The molecule has 2 aromatic carbocycles. The third-order valence-electron chi connectivity index (χ3n) is 5.90. The van der Waals surface area contributed by atoms with Crippen LogP contribution in [0.25, 0.3) is 0 Å². The Morgan fingerprint density at radius 3 is 2.15 bits per heavy atom. The van der Waals surface area contributed by atoms with Gasteiger partial charge in [-0.3, -0.25) is 14.4 Å². The molecular formula is C25H28N2O5S. The number of hydrogen-bond donors (Lipinski definition) is 0. The highest BCUT2D eigenvalue weighted by Crippen LogP contribution is 2.47. The summed E-state index contributed by atoms with van der Waals surface area (Å²) in [4.78, 5) is 42.8. The van der Waals surface area contributed by atoms with Gasteiger partial charge in [0, 0.05) is 29.4 Å². The summed E-state index contributed by atoms with van der Waals surface area (Å²) in [5, 5.41) is 0. The van der Waals surface area contributed by atoms with Gasteiger partial charge < -0.3 is 19.3 Å². The van der Waals surface area contributed by atoms with Crippen LogP contribution in [0.5, 0.6) is 0 Å². The van der Waals surface area contributed by atoms with Gasteiger partial charge in [0.25, 0.3) is 5.91 Å². The fourth-order valence-electron chi connectivity index (χ4n) is 4.16. The molecule has 0 spiro atoms. The number of benzene rings is 2. The van der Waals surface area contributed by atoms with Gasteiger partial charge in [-0.2, -0.15) is 0 Å². The van der Waals surface area contributed by atoms with Crippen molar-refractivity contribution in [3.05, 3.63) is 48.5 Å². The number of esters is 2. The SMILES string of the molecule is CCOC(=O)C1CCN(C(=O)COC(=O)CCN2c3ccccc3Sc3ccccc32)CC1. The largest absolute Gasteiger partial charge is 0.466 e. The number of anilines is 2. The molecule has 0 atom stereocenters. The van der Waals surface area contributed by atoms with E-state index < -0.39 is 5.97 Å². The van der Waals surface area contributed by atoms with Crippen LogP contribution in [0, 0.1) is 5.92 Å². The van der Waals surface area contributed by atoms with E-state index in [2.05, 4.69) is 17.0 Å². The third-order valence-corrected chi connectivity index (χ3v) is 7.03. The number of nitrogens with zero attached hydrogens (tertiary/aromatic N) is 2. The highest BCUT2D eigenvalue weighted by Gasteiger charge is 2.29. The molecule has 2 heterocycles. The molecule has 4 rings (SSSR count). The molecule has 0 aliphatic carbocycles. The quantitative estimate of drug-likeness (QED) is 0.568. The Hall–Kier alpha value is -3.00. The Balaban J connectivity index is 1.27. The second kappa shape index (κ2) is 10.7. The fourth-order valence-corrected chi connectivity index (χ4v) is 5.25. The summed E-state index contributed by atoms with van der Waals surface area (Å²) in [5.74, 6) is -0.992. The fraction of sp³-hybridized carbons (Fsp3) is 0.400. The number of carbonyl (C=O) groups is 3. The van der Waals surface area contributed by atoms with Crippen molar-refractivity contribution in [2.24, 2.45) is 5.92 Å². The van der Waals surface area contributed by atoms with E-state index in [0.29, 0.717) is 39.1 Å². The molecule has 8 heteroatoms. The first kappa shape index (κ1) is 23.2. The molecule has 2 aliphatic heterocycles. The predicted octanol–water partition coefficient (Wildman–Crippen LogP) is 4.02. The van der Waals surface area contributed by atoms with Crippen LogP contribution in [-0.4, -0.2) is 55.6 Å². The molecule has 174 valence electrons. The molecule has 0 N–H and O–H groups in total. The third kappa shape index (κ3) is 5.50. The van der Waals surface area contributed by atoms with E-state index in [1.165, 1.54) is 0 Å². The number of ether oxygens (including phenoxy) is 2. The van der Waals surface area contributed by atoms with Crippen LogP contribution in [0.1, 0.15) is 26.2 Å². The Morgan fingerprint density at radius 2 is 1.55 bits per heavy atom. The summed E-state index contributed by atoms with van der Waals surface area (Å²) in [6, 6.07) is 16.2. The molecular weight excluding hydrogens is 440 g/mol. The summed E-state index contributed by atoms with van der Waals surface area (Å²) in [6.45, 7) is 3.28. The topological polar surface area (TPSA) is 76.1 Å². The minimum atomic E-state index is -0.405. The smallest absolute Gasteiger partial charge is 0.309 e. The van der Waals surface area contributed by atoms with Crippen molar-refractivity contribution in [1.82, 2.24) is 4.90 Å². The maximum Gasteiger partial charge on any atom is 0.309 e. The summed E-state index contributed by atoms with van der Waals surface area (Å²) >= 11 is 1.72. The lowest BCUT2D eigenvalue weighted by atomic mass is 9.97. The zero-order chi connectivity index (χ0) is 23.2. The molecule has 33 heavy (non-hydrogen) atoms.